The fourth-order valence-electron chi connectivity index (χ4n) is 5.78. The topological polar surface area (TPSA) is 63.3 Å². The number of allylic oxidation sites excluding steroid dienone is 2. The number of aliphatic hydroxyl groups is 1. The zero-order chi connectivity index (χ0) is 32.6. The van der Waals surface area contributed by atoms with Crippen molar-refractivity contribution in [1.82, 2.24) is 4.98 Å². The normalized spacial score (nSPS) is 11.9. The molecule has 4 rings (SSSR count). The summed E-state index contributed by atoms with van der Waals surface area (Å²) in [5.74, 6) is 2.55. The molecule has 0 unspecified atom stereocenters. The van der Waals surface area contributed by atoms with E-state index in [9.17, 15) is 9.90 Å². The molecule has 0 atom stereocenters. The van der Waals surface area contributed by atoms with Crippen molar-refractivity contribution < 1.29 is 34.4 Å². The molecule has 1 radical (unpaired) electrons. The predicted molar refractivity (Wildman–Crippen MR) is 185 cm³/mol. The molecule has 1 N–H and O–H groups in total. The van der Waals surface area contributed by atoms with Gasteiger partial charge in [0, 0.05) is 56.2 Å². The van der Waals surface area contributed by atoms with Gasteiger partial charge in [-0.25, -0.2) is 0 Å². The number of carbonyl (C=O) groups is 1. The van der Waals surface area contributed by atoms with Crippen LogP contribution in [0.2, 0.25) is 0 Å². The van der Waals surface area contributed by atoms with Crippen LogP contribution in [-0.4, -0.2) is 15.9 Å². The molecule has 0 fully saturated rings. The Labute approximate surface area is 285 Å². The van der Waals surface area contributed by atoms with Crippen molar-refractivity contribution in [2.45, 2.75) is 101 Å². The van der Waals surface area contributed by atoms with Crippen molar-refractivity contribution in [3.8, 4) is 22.6 Å². The summed E-state index contributed by atoms with van der Waals surface area (Å²) in [5.41, 5.74) is 6.87. The fraction of sp³-hybridized carbons (Fsp3) is 0.450. The third-order valence-corrected chi connectivity index (χ3v) is 8.19. The minimum absolute atomic E-state index is 0. The molecular weight excluding hydrogens is 735 g/mol. The predicted octanol–water partition coefficient (Wildman–Crippen LogP) is 11.3. The Morgan fingerprint density at radius 3 is 2.16 bits per heavy atom. The van der Waals surface area contributed by atoms with E-state index in [0.29, 0.717) is 0 Å². The first-order chi connectivity index (χ1) is 20.8. The molecule has 245 valence electrons. The summed E-state index contributed by atoms with van der Waals surface area (Å²) >= 11 is 0. The maximum absolute atomic E-state index is 11.7. The summed E-state index contributed by atoms with van der Waals surface area (Å²) < 4.78 is 6.25. The Hall–Kier alpha value is -3.01. The largest absolute Gasteiger partial charge is 0.512 e. The second-order valence-corrected chi connectivity index (χ2v) is 13.3. The van der Waals surface area contributed by atoms with Gasteiger partial charge in [-0.05, 0) is 78.3 Å². The van der Waals surface area contributed by atoms with E-state index in [4.69, 9.17) is 4.42 Å². The molecule has 0 amide bonds. The average molecular weight is 787 g/mol. The summed E-state index contributed by atoms with van der Waals surface area (Å²) in [4.78, 5) is 16.4. The molecule has 2 aromatic heterocycles. The summed E-state index contributed by atoms with van der Waals surface area (Å²) in [5, 5.41) is 12.1. The van der Waals surface area contributed by atoms with Gasteiger partial charge in [-0.15, -0.1) is 34.9 Å². The van der Waals surface area contributed by atoms with Gasteiger partial charge >= 0.3 is 0 Å². The van der Waals surface area contributed by atoms with Crippen LogP contribution in [0.5, 0.6) is 0 Å². The van der Waals surface area contributed by atoms with E-state index >= 15 is 0 Å². The van der Waals surface area contributed by atoms with Crippen LogP contribution in [0.1, 0.15) is 96.6 Å². The first-order valence-corrected chi connectivity index (χ1v) is 16.2. The van der Waals surface area contributed by atoms with Crippen molar-refractivity contribution in [3.05, 3.63) is 89.0 Å². The number of carbonyl (C=O) groups excluding carboxylic acids is 1. The minimum Gasteiger partial charge on any atom is -0.512 e. The number of rotatable bonds is 10. The van der Waals surface area contributed by atoms with Crippen LogP contribution in [-0.2, 0) is 31.3 Å². The van der Waals surface area contributed by atoms with Gasteiger partial charge in [0.25, 0.3) is 0 Å². The fourth-order valence-corrected chi connectivity index (χ4v) is 5.78. The van der Waals surface area contributed by atoms with Gasteiger partial charge in [-0.1, -0.05) is 74.4 Å². The molecule has 0 aliphatic heterocycles. The summed E-state index contributed by atoms with van der Waals surface area (Å²) in [7, 11) is 0. The molecule has 0 aliphatic rings. The van der Waals surface area contributed by atoms with Crippen molar-refractivity contribution in [2.75, 3.05) is 0 Å². The zero-order valence-electron chi connectivity index (χ0n) is 28.9. The number of pyridine rings is 1. The van der Waals surface area contributed by atoms with Gasteiger partial charge in [0.05, 0.1) is 5.76 Å². The Bertz CT molecular complexity index is 1560. The monoisotopic (exact) mass is 787 g/mol. The number of nitrogens with zero attached hydrogens (tertiary/aromatic N) is 1. The van der Waals surface area contributed by atoms with Crippen molar-refractivity contribution in [2.24, 2.45) is 17.3 Å². The smallest absolute Gasteiger partial charge is 0.162 e. The van der Waals surface area contributed by atoms with Crippen LogP contribution in [0.15, 0.2) is 64.9 Å². The number of ketones is 1. The van der Waals surface area contributed by atoms with Crippen LogP contribution in [0.25, 0.3) is 33.4 Å². The van der Waals surface area contributed by atoms with Gasteiger partial charge in [-0.2, -0.15) is 0 Å². The van der Waals surface area contributed by atoms with Gasteiger partial charge in [0.2, 0.25) is 0 Å². The van der Waals surface area contributed by atoms with E-state index in [1.54, 1.807) is 0 Å². The van der Waals surface area contributed by atoms with Crippen molar-refractivity contribution in [1.29, 1.82) is 0 Å². The molecule has 4 aromatic rings. The van der Waals surface area contributed by atoms with E-state index in [1.807, 2.05) is 33.9 Å². The molecule has 0 aliphatic carbocycles. The summed E-state index contributed by atoms with van der Waals surface area (Å²) in [6.07, 6.45) is 7.72. The number of aliphatic hydroxyl groups excluding tert-OH is 1. The Kier molecular flexibility index (Phi) is 14.5. The number of hydrogen-bond acceptors (Lipinski definition) is 4. The van der Waals surface area contributed by atoms with E-state index in [1.165, 1.54) is 17.2 Å². The minimum atomic E-state index is 0. The van der Waals surface area contributed by atoms with Crippen LogP contribution >= 0.6 is 0 Å². The van der Waals surface area contributed by atoms with E-state index in [0.717, 1.165) is 76.8 Å². The molecule has 45 heavy (non-hydrogen) atoms. The van der Waals surface area contributed by atoms with Gasteiger partial charge in [-0.3, -0.25) is 4.79 Å². The van der Waals surface area contributed by atoms with Crippen molar-refractivity contribution in [3.63, 3.8) is 0 Å². The SMILES string of the molecule is CCC(CC)C(=O)/C=C(\O)C(CC)CC.Cc1[c-]c(-c2nccc3cc(-c4oc(CC(C)(C)C)cc4C)ccc23)cc(C)c1.[Ir]. The van der Waals surface area contributed by atoms with Crippen molar-refractivity contribution >= 4 is 16.6 Å². The Morgan fingerprint density at radius 1 is 0.933 bits per heavy atom. The van der Waals surface area contributed by atoms with E-state index in [2.05, 4.69) is 95.1 Å². The summed E-state index contributed by atoms with van der Waals surface area (Å²) in [6, 6.07) is 18.5. The van der Waals surface area contributed by atoms with E-state index in [-0.39, 0.29) is 48.9 Å². The number of benzene rings is 2. The maximum atomic E-state index is 11.7. The first-order valence-electron chi connectivity index (χ1n) is 16.2. The standard InChI is InChI=1S/C27H28NO.C13H24O2.Ir/c1-17-11-18(2)13-22(12-17)25-24-8-7-21(15-20(24)9-10-28-25)26-19(3)14-23(29-26)16-27(4,5)6;1-5-10(6-2)12(14)9-13(15)11(7-3)8-4;/h7-12,14-15H,16H2,1-6H3;9-11,14H,5-8H2,1-4H3;/q-1;;/b;12-9-;. The molecule has 0 saturated carbocycles. The molecular formula is C40H52IrNO3-. The molecule has 4 nitrogen and oxygen atoms in total. The number of aromatic nitrogens is 1. The average Bonchev–Trinajstić information content (AvgIpc) is 3.31. The third-order valence-electron chi connectivity index (χ3n) is 8.19. The number of aryl methyl sites for hydroxylation is 3. The molecule has 0 spiro atoms. The van der Waals surface area contributed by atoms with Crippen LogP contribution in [0.4, 0.5) is 0 Å². The van der Waals surface area contributed by atoms with Crippen LogP contribution < -0.4 is 0 Å². The van der Waals surface area contributed by atoms with Crippen LogP contribution in [0, 0.1) is 44.1 Å². The van der Waals surface area contributed by atoms with Gasteiger partial charge in [0.1, 0.15) is 11.5 Å². The Morgan fingerprint density at radius 2 is 1.58 bits per heavy atom. The van der Waals surface area contributed by atoms with Crippen LogP contribution in [0.3, 0.4) is 0 Å². The molecule has 5 heteroatoms. The number of hydrogen-bond donors (Lipinski definition) is 1. The Balaban J connectivity index is 0.000000378. The molecule has 2 heterocycles. The number of fused-ring (bicyclic) bond motifs is 1. The van der Waals surface area contributed by atoms with E-state index < -0.39 is 0 Å². The second kappa shape index (κ2) is 17.1. The van der Waals surface area contributed by atoms with Gasteiger partial charge in [0.15, 0.2) is 5.78 Å². The first kappa shape index (κ1) is 38.2. The maximum Gasteiger partial charge on any atom is 0.162 e. The molecule has 0 bridgehead atoms. The zero-order valence-corrected chi connectivity index (χ0v) is 31.3. The van der Waals surface area contributed by atoms with Gasteiger partial charge < -0.3 is 14.5 Å². The third kappa shape index (κ3) is 10.5. The molecule has 0 saturated heterocycles. The second-order valence-electron chi connectivity index (χ2n) is 13.3. The summed E-state index contributed by atoms with van der Waals surface area (Å²) in [6.45, 7) is 21.1. The number of furan rings is 1. The molecule has 2 aromatic carbocycles. The quantitative estimate of drug-likeness (QED) is 0.0988.